The monoisotopic (exact) mass is 327 g/mol. The van der Waals surface area contributed by atoms with Crippen LogP contribution in [-0.2, 0) is 0 Å². The van der Waals surface area contributed by atoms with Gasteiger partial charge >= 0.3 is 0 Å². The zero-order chi connectivity index (χ0) is 17.1. The molecule has 0 radical (unpaired) electrons. The minimum atomic E-state index is -0.453. The molecule has 24 heavy (non-hydrogen) atoms. The topological polar surface area (TPSA) is 77.2 Å². The maximum Gasteiger partial charge on any atom is 0.282 e. The second kappa shape index (κ2) is 6.57. The minimum absolute atomic E-state index is 0.0667. The van der Waals surface area contributed by atoms with E-state index in [2.05, 4.69) is 5.10 Å². The Balaban J connectivity index is 1.92. The molecular formula is C17H17N3O4. The summed E-state index contributed by atoms with van der Waals surface area (Å²) in [6.07, 6.45) is 1.48. The number of anilines is 1. The molecule has 3 rings (SSSR count). The lowest BCUT2D eigenvalue weighted by Crippen LogP contribution is -2.15. The van der Waals surface area contributed by atoms with Gasteiger partial charge in [-0.3, -0.25) is 15.1 Å². The van der Waals surface area contributed by atoms with Gasteiger partial charge in [0.2, 0.25) is 6.79 Å². The highest BCUT2D eigenvalue weighted by atomic mass is 16.7. The van der Waals surface area contributed by atoms with Crippen molar-refractivity contribution in [1.29, 1.82) is 0 Å². The number of fused-ring (bicyclic) bond motifs is 1. The van der Waals surface area contributed by atoms with Crippen molar-refractivity contribution in [3.05, 3.63) is 57.6 Å². The van der Waals surface area contributed by atoms with Crippen LogP contribution in [0.3, 0.4) is 0 Å². The van der Waals surface area contributed by atoms with Crippen molar-refractivity contribution in [1.82, 2.24) is 0 Å². The molecule has 0 bridgehead atoms. The fraction of sp³-hybridized carbons (Fsp3) is 0.235. The maximum atomic E-state index is 11.3. The number of hydrogen-bond acceptors (Lipinski definition) is 6. The molecule has 0 saturated heterocycles. The number of ether oxygens (including phenoxy) is 2. The smallest absolute Gasteiger partial charge is 0.282 e. The van der Waals surface area contributed by atoms with E-state index >= 15 is 0 Å². The lowest BCUT2D eigenvalue weighted by molar-refractivity contribution is -0.385. The number of benzene rings is 2. The van der Waals surface area contributed by atoms with Crippen LogP contribution in [0.5, 0.6) is 11.5 Å². The van der Waals surface area contributed by atoms with E-state index in [1.54, 1.807) is 11.1 Å². The van der Waals surface area contributed by atoms with Crippen molar-refractivity contribution < 1.29 is 14.4 Å². The SMILES string of the molecule is CCN(/N=C/c1cc2c(cc1[N+](=O)[O-])OCO2)c1ccc(C)cc1. The second-order valence-electron chi connectivity index (χ2n) is 5.32. The van der Waals surface area contributed by atoms with Gasteiger partial charge in [0, 0.05) is 6.54 Å². The number of nitrogens with zero attached hydrogens (tertiary/aromatic N) is 3. The molecule has 1 heterocycles. The molecule has 0 spiro atoms. The predicted octanol–water partition coefficient (Wildman–Crippen LogP) is 3.49. The Kier molecular flexibility index (Phi) is 4.33. The van der Waals surface area contributed by atoms with Crippen molar-refractivity contribution in [2.45, 2.75) is 13.8 Å². The van der Waals surface area contributed by atoms with E-state index in [1.807, 2.05) is 38.1 Å². The molecule has 0 aliphatic carbocycles. The third-order valence-corrected chi connectivity index (χ3v) is 3.69. The average molecular weight is 327 g/mol. The van der Waals surface area contributed by atoms with Crippen LogP contribution in [0.4, 0.5) is 11.4 Å². The first-order chi connectivity index (χ1) is 11.6. The molecule has 0 fully saturated rings. The van der Waals surface area contributed by atoms with Crippen LogP contribution in [0.15, 0.2) is 41.5 Å². The summed E-state index contributed by atoms with van der Waals surface area (Å²) in [4.78, 5) is 10.8. The third-order valence-electron chi connectivity index (χ3n) is 3.69. The lowest BCUT2D eigenvalue weighted by atomic mass is 10.1. The quantitative estimate of drug-likeness (QED) is 0.477. The van der Waals surface area contributed by atoms with Gasteiger partial charge in [0.1, 0.15) is 0 Å². The van der Waals surface area contributed by atoms with Crippen LogP contribution >= 0.6 is 0 Å². The number of nitro benzene ring substituents is 1. The predicted molar refractivity (Wildman–Crippen MR) is 91.0 cm³/mol. The Labute approximate surface area is 139 Å². The molecule has 1 aliphatic rings. The molecule has 0 aromatic heterocycles. The van der Waals surface area contributed by atoms with E-state index in [0.29, 0.717) is 23.6 Å². The van der Waals surface area contributed by atoms with E-state index in [-0.39, 0.29) is 12.5 Å². The highest BCUT2D eigenvalue weighted by Gasteiger charge is 2.22. The largest absolute Gasteiger partial charge is 0.454 e. The molecule has 2 aromatic rings. The van der Waals surface area contributed by atoms with Gasteiger partial charge in [-0.15, -0.1) is 0 Å². The van der Waals surface area contributed by atoms with Gasteiger partial charge in [0.05, 0.1) is 28.5 Å². The van der Waals surface area contributed by atoms with Gasteiger partial charge in [0.25, 0.3) is 5.69 Å². The summed E-state index contributed by atoms with van der Waals surface area (Å²) < 4.78 is 10.5. The van der Waals surface area contributed by atoms with E-state index in [1.165, 1.54) is 12.3 Å². The fourth-order valence-corrected chi connectivity index (χ4v) is 2.39. The van der Waals surface area contributed by atoms with E-state index in [0.717, 1.165) is 11.3 Å². The molecule has 0 N–H and O–H groups in total. The highest BCUT2D eigenvalue weighted by Crippen LogP contribution is 2.37. The lowest BCUT2D eigenvalue weighted by Gasteiger charge is -2.16. The zero-order valence-corrected chi connectivity index (χ0v) is 13.4. The number of nitro groups is 1. The maximum absolute atomic E-state index is 11.3. The Morgan fingerprint density at radius 1 is 1.25 bits per heavy atom. The molecule has 1 aliphatic heterocycles. The Morgan fingerprint density at radius 2 is 1.92 bits per heavy atom. The van der Waals surface area contributed by atoms with Gasteiger partial charge in [-0.05, 0) is 32.0 Å². The Bertz CT molecular complexity index is 787. The van der Waals surface area contributed by atoms with Crippen LogP contribution < -0.4 is 14.5 Å². The molecule has 0 atom stereocenters. The number of hydrogen-bond donors (Lipinski definition) is 0. The number of hydrazone groups is 1. The fourth-order valence-electron chi connectivity index (χ4n) is 2.39. The van der Waals surface area contributed by atoms with Crippen molar-refractivity contribution >= 4 is 17.6 Å². The van der Waals surface area contributed by atoms with Crippen LogP contribution in [0.25, 0.3) is 0 Å². The van der Waals surface area contributed by atoms with Gasteiger partial charge < -0.3 is 9.47 Å². The Morgan fingerprint density at radius 3 is 2.54 bits per heavy atom. The van der Waals surface area contributed by atoms with Crippen LogP contribution in [-0.4, -0.2) is 24.5 Å². The van der Waals surface area contributed by atoms with E-state index in [9.17, 15) is 10.1 Å². The normalized spacial score (nSPS) is 12.6. The summed E-state index contributed by atoms with van der Waals surface area (Å²) >= 11 is 0. The average Bonchev–Trinajstić information content (AvgIpc) is 3.03. The third kappa shape index (κ3) is 3.15. The van der Waals surface area contributed by atoms with E-state index in [4.69, 9.17) is 9.47 Å². The summed E-state index contributed by atoms with van der Waals surface area (Å²) in [6.45, 7) is 4.68. The summed E-state index contributed by atoms with van der Waals surface area (Å²) in [7, 11) is 0. The highest BCUT2D eigenvalue weighted by molar-refractivity contribution is 5.87. The first-order valence-corrected chi connectivity index (χ1v) is 7.54. The number of rotatable bonds is 5. The molecular weight excluding hydrogens is 310 g/mol. The number of aryl methyl sites for hydroxylation is 1. The van der Waals surface area contributed by atoms with Crippen molar-refractivity contribution in [3.63, 3.8) is 0 Å². The van der Waals surface area contributed by atoms with Gasteiger partial charge in [-0.25, -0.2) is 0 Å². The van der Waals surface area contributed by atoms with Crippen LogP contribution in [0.2, 0.25) is 0 Å². The van der Waals surface area contributed by atoms with E-state index < -0.39 is 4.92 Å². The first-order valence-electron chi connectivity index (χ1n) is 7.54. The standard InChI is InChI=1S/C17H17N3O4/c1-3-19(14-6-4-12(2)5-7-14)18-10-13-8-16-17(24-11-23-16)9-15(13)20(21)22/h4-10H,3,11H2,1-2H3/b18-10+. The summed E-state index contributed by atoms with van der Waals surface area (Å²) in [5.41, 5.74) is 2.38. The zero-order valence-electron chi connectivity index (χ0n) is 13.4. The molecule has 7 heteroatoms. The van der Waals surface area contributed by atoms with Crippen molar-refractivity contribution in [2.75, 3.05) is 18.3 Å². The molecule has 124 valence electrons. The summed E-state index contributed by atoms with van der Waals surface area (Å²) in [5.74, 6) is 0.866. The first kappa shape index (κ1) is 15.8. The molecule has 2 aromatic carbocycles. The van der Waals surface area contributed by atoms with Crippen LogP contribution in [0.1, 0.15) is 18.1 Å². The van der Waals surface area contributed by atoms with Gasteiger partial charge in [-0.1, -0.05) is 17.7 Å². The Hall–Kier alpha value is -3.09. The van der Waals surface area contributed by atoms with Gasteiger partial charge in [0.15, 0.2) is 11.5 Å². The molecule has 0 saturated carbocycles. The van der Waals surface area contributed by atoms with Crippen LogP contribution in [0, 0.1) is 17.0 Å². The molecule has 0 unspecified atom stereocenters. The molecule has 7 nitrogen and oxygen atoms in total. The summed E-state index contributed by atoms with van der Waals surface area (Å²) in [5, 5.41) is 17.4. The van der Waals surface area contributed by atoms with Crippen molar-refractivity contribution in [2.24, 2.45) is 5.10 Å². The van der Waals surface area contributed by atoms with Crippen molar-refractivity contribution in [3.8, 4) is 11.5 Å². The minimum Gasteiger partial charge on any atom is -0.454 e. The summed E-state index contributed by atoms with van der Waals surface area (Å²) in [6, 6.07) is 10.9. The molecule has 0 amide bonds. The van der Waals surface area contributed by atoms with Gasteiger partial charge in [-0.2, -0.15) is 5.10 Å². The second-order valence-corrected chi connectivity index (χ2v) is 5.32.